The molecule has 21 heavy (non-hydrogen) atoms. The van der Waals surface area contributed by atoms with Crippen LogP contribution >= 0.6 is 23.1 Å². The predicted molar refractivity (Wildman–Crippen MR) is 92.1 cm³/mol. The zero-order valence-corrected chi connectivity index (χ0v) is 14.4. The van der Waals surface area contributed by atoms with Gasteiger partial charge in [-0.2, -0.15) is 16.9 Å². The molecular formula is C16H23N3S2. The zero-order valence-electron chi connectivity index (χ0n) is 12.8. The summed E-state index contributed by atoms with van der Waals surface area (Å²) in [5.74, 6) is 2.49. The molecule has 2 aromatic heterocycles. The molecule has 2 aromatic rings. The number of thioether (sulfide) groups is 1. The summed E-state index contributed by atoms with van der Waals surface area (Å²) >= 11 is 4.09. The van der Waals surface area contributed by atoms with E-state index in [1.54, 1.807) is 10.4 Å². The smallest absolute Gasteiger partial charge is 0.0521 e. The molecule has 0 radical (unpaired) electrons. The Morgan fingerprint density at radius 1 is 1.48 bits per heavy atom. The third-order valence-electron chi connectivity index (χ3n) is 3.92. The number of thiophene rings is 1. The van der Waals surface area contributed by atoms with Crippen molar-refractivity contribution in [2.75, 3.05) is 12.3 Å². The van der Waals surface area contributed by atoms with Crippen LogP contribution in [-0.4, -0.2) is 22.1 Å². The number of rotatable bonds is 6. The van der Waals surface area contributed by atoms with Gasteiger partial charge in [-0.25, -0.2) is 0 Å². The molecule has 0 spiro atoms. The second-order valence-electron chi connectivity index (χ2n) is 5.57. The van der Waals surface area contributed by atoms with Crippen LogP contribution in [0.1, 0.15) is 40.3 Å². The van der Waals surface area contributed by atoms with Crippen LogP contribution < -0.4 is 5.32 Å². The van der Waals surface area contributed by atoms with Crippen molar-refractivity contribution in [2.45, 2.75) is 38.0 Å². The predicted octanol–water partition coefficient (Wildman–Crippen LogP) is 3.55. The molecule has 0 aromatic carbocycles. The van der Waals surface area contributed by atoms with Gasteiger partial charge >= 0.3 is 0 Å². The molecule has 1 aliphatic rings. The fraction of sp³-hybridized carbons (Fsp3) is 0.562. The summed E-state index contributed by atoms with van der Waals surface area (Å²) < 4.78 is 1.89. The molecule has 1 N–H and O–H groups in total. The van der Waals surface area contributed by atoms with Crippen LogP contribution in [0.4, 0.5) is 0 Å². The normalized spacial score (nSPS) is 15.9. The van der Waals surface area contributed by atoms with Crippen molar-refractivity contribution in [3.63, 3.8) is 0 Å². The summed E-state index contributed by atoms with van der Waals surface area (Å²) in [7, 11) is 1.98. The summed E-state index contributed by atoms with van der Waals surface area (Å²) in [6, 6.07) is 2.93. The molecule has 0 amide bonds. The van der Waals surface area contributed by atoms with Gasteiger partial charge in [0.15, 0.2) is 0 Å². The second kappa shape index (κ2) is 6.99. The molecular weight excluding hydrogens is 298 g/mol. The summed E-state index contributed by atoms with van der Waals surface area (Å²) in [5.41, 5.74) is 2.91. The standard InChI is InChI=1S/C16H23N3S2/c1-3-17-14(5-4-12-9-18-19(2)10-12)16-8-13-11-20-7-6-15(13)21-16/h8-10,14,17H,3-7,11H2,1-2H3. The van der Waals surface area contributed by atoms with Gasteiger partial charge in [-0.1, -0.05) is 6.92 Å². The molecule has 1 aliphatic heterocycles. The van der Waals surface area contributed by atoms with Gasteiger partial charge in [0.2, 0.25) is 0 Å². The van der Waals surface area contributed by atoms with Gasteiger partial charge in [-0.3, -0.25) is 4.68 Å². The molecule has 3 heterocycles. The van der Waals surface area contributed by atoms with E-state index in [0.29, 0.717) is 6.04 Å². The minimum absolute atomic E-state index is 0.482. The first kappa shape index (κ1) is 15.1. The van der Waals surface area contributed by atoms with Crippen LogP contribution in [-0.2, 0) is 25.6 Å². The van der Waals surface area contributed by atoms with Crippen LogP contribution in [0.5, 0.6) is 0 Å². The number of aryl methyl sites for hydroxylation is 3. The van der Waals surface area contributed by atoms with Crippen LogP contribution in [0.3, 0.4) is 0 Å². The monoisotopic (exact) mass is 321 g/mol. The van der Waals surface area contributed by atoms with E-state index in [1.807, 2.05) is 29.3 Å². The first-order valence-corrected chi connectivity index (χ1v) is 9.63. The van der Waals surface area contributed by atoms with Crippen LogP contribution in [0.15, 0.2) is 18.5 Å². The average Bonchev–Trinajstić information content (AvgIpc) is 3.09. The van der Waals surface area contributed by atoms with E-state index in [2.05, 4.69) is 41.4 Å². The summed E-state index contributed by atoms with van der Waals surface area (Å²) in [4.78, 5) is 3.14. The van der Waals surface area contributed by atoms with Crippen molar-refractivity contribution in [2.24, 2.45) is 7.05 Å². The molecule has 1 atom stereocenters. The number of fused-ring (bicyclic) bond motifs is 1. The van der Waals surface area contributed by atoms with E-state index >= 15 is 0 Å². The molecule has 0 bridgehead atoms. The Bertz CT molecular complexity index is 565. The average molecular weight is 322 g/mol. The third-order valence-corrected chi connectivity index (χ3v) is 6.28. The maximum Gasteiger partial charge on any atom is 0.0521 e. The van der Waals surface area contributed by atoms with E-state index in [0.717, 1.165) is 19.4 Å². The quantitative estimate of drug-likeness (QED) is 0.882. The van der Waals surface area contributed by atoms with Gasteiger partial charge in [0, 0.05) is 34.8 Å². The van der Waals surface area contributed by atoms with Crippen LogP contribution in [0, 0.1) is 0 Å². The zero-order chi connectivity index (χ0) is 14.7. The highest BCUT2D eigenvalue weighted by atomic mass is 32.2. The Morgan fingerprint density at radius 2 is 2.38 bits per heavy atom. The Hall–Kier alpha value is -0.780. The number of nitrogens with zero attached hydrogens (tertiary/aromatic N) is 2. The highest BCUT2D eigenvalue weighted by Gasteiger charge is 2.19. The second-order valence-corrected chi connectivity index (χ2v) is 7.84. The summed E-state index contributed by atoms with van der Waals surface area (Å²) in [6.45, 7) is 3.22. The van der Waals surface area contributed by atoms with Crippen molar-refractivity contribution in [3.05, 3.63) is 39.3 Å². The van der Waals surface area contributed by atoms with Gasteiger partial charge in [-0.05, 0) is 48.8 Å². The van der Waals surface area contributed by atoms with E-state index in [4.69, 9.17) is 0 Å². The minimum atomic E-state index is 0.482. The fourth-order valence-electron chi connectivity index (χ4n) is 2.85. The van der Waals surface area contributed by atoms with Crippen LogP contribution in [0.25, 0.3) is 0 Å². The van der Waals surface area contributed by atoms with Crippen molar-refractivity contribution in [3.8, 4) is 0 Å². The van der Waals surface area contributed by atoms with Gasteiger partial charge in [-0.15, -0.1) is 11.3 Å². The molecule has 0 saturated heterocycles. The van der Waals surface area contributed by atoms with Crippen molar-refractivity contribution >= 4 is 23.1 Å². The molecule has 0 fully saturated rings. The fourth-order valence-corrected chi connectivity index (χ4v) is 5.33. The van der Waals surface area contributed by atoms with Gasteiger partial charge in [0.1, 0.15) is 0 Å². The van der Waals surface area contributed by atoms with Crippen molar-refractivity contribution in [1.29, 1.82) is 0 Å². The first-order chi connectivity index (χ1) is 10.3. The lowest BCUT2D eigenvalue weighted by Crippen LogP contribution is -2.20. The molecule has 5 heteroatoms. The first-order valence-electron chi connectivity index (χ1n) is 7.66. The molecule has 114 valence electrons. The maximum absolute atomic E-state index is 4.26. The minimum Gasteiger partial charge on any atom is -0.310 e. The van der Waals surface area contributed by atoms with E-state index in [9.17, 15) is 0 Å². The molecule has 1 unspecified atom stereocenters. The molecule has 0 aliphatic carbocycles. The Morgan fingerprint density at radius 3 is 3.10 bits per heavy atom. The third kappa shape index (κ3) is 3.71. The topological polar surface area (TPSA) is 29.9 Å². The summed E-state index contributed by atoms with van der Waals surface area (Å²) in [6.07, 6.45) is 7.60. The summed E-state index contributed by atoms with van der Waals surface area (Å²) in [5, 5.41) is 7.92. The van der Waals surface area contributed by atoms with E-state index in [-0.39, 0.29) is 0 Å². The van der Waals surface area contributed by atoms with Crippen LogP contribution in [0.2, 0.25) is 0 Å². The molecule has 3 nitrogen and oxygen atoms in total. The highest BCUT2D eigenvalue weighted by molar-refractivity contribution is 7.98. The number of aromatic nitrogens is 2. The maximum atomic E-state index is 4.26. The number of hydrogen-bond acceptors (Lipinski definition) is 4. The molecule has 3 rings (SSSR count). The lowest BCUT2D eigenvalue weighted by atomic mass is 10.1. The van der Waals surface area contributed by atoms with Gasteiger partial charge < -0.3 is 5.32 Å². The van der Waals surface area contributed by atoms with E-state index < -0.39 is 0 Å². The number of nitrogens with one attached hydrogen (secondary N) is 1. The Balaban J connectivity index is 1.69. The molecule has 0 saturated carbocycles. The largest absolute Gasteiger partial charge is 0.310 e. The Labute approximate surface area is 135 Å². The van der Waals surface area contributed by atoms with Crippen molar-refractivity contribution < 1.29 is 0 Å². The van der Waals surface area contributed by atoms with E-state index in [1.165, 1.54) is 28.4 Å². The lowest BCUT2D eigenvalue weighted by molar-refractivity contribution is 0.523. The highest BCUT2D eigenvalue weighted by Crippen LogP contribution is 2.35. The Kier molecular flexibility index (Phi) is 5.03. The SMILES string of the molecule is CCNC(CCc1cnn(C)c1)c1cc2c(s1)CCSC2. The number of hydrogen-bond donors (Lipinski definition) is 1. The van der Waals surface area contributed by atoms with Crippen molar-refractivity contribution in [1.82, 2.24) is 15.1 Å². The van der Waals surface area contributed by atoms with Gasteiger partial charge in [0.25, 0.3) is 0 Å². The lowest BCUT2D eigenvalue weighted by Gasteiger charge is -2.15. The van der Waals surface area contributed by atoms with Gasteiger partial charge in [0.05, 0.1) is 6.20 Å².